The van der Waals surface area contributed by atoms with E-state index in [1.54, 1.807) is 0 Å². The Morgan fingerprint density at radius 2 is 1.57 bits per heavy atom. The standard InChI is InChI=1S/C39H62N2O10/c1-34(2)26-8-11-39(7)32(23(43)16-21-22-17-36(4,33(48)49)13-12-35(22,3)14-15-38(21,39)6)37(26,5)10-9-27(34)41-28(44)18-40-50-20-25-30(46)31(47)29(45)24(19-42)51-25/h16,22,24-27,29-32,40,42,45-47H,8-15,17-20H2,1-7H3,(H,41,44)(H,48,49)/t22-,24+,25-,26?,27-,29+,30-,31-,32?,35+,36-,37-,38+,39+/m0/s1. The van der Waals surface area contributed by atoms with Crippen molar-refractivity contribution in [1.29, 1.82) is 0 Å². The number of aliphatic hydroxyl groups excluding tert-OH is 4. The number of aliphatic hydroxyl groups is 4. The van der Waals surface area contributed by atoms with Crippen molar-refractivity contribution in [2.45, 2.75) is 143 Å². The third-order valence-electron chi connectivity index (χ3n) is 16.0. The Morgan fingerprint density at radius 3 is 2.24 bits per heavy atom. The highest BCUT2D eigenvalue weighted by Crippen LogP contribution is 2.75. The summed E-state index contributed by atoms with van der Waals surface area (Å²) in [5.41, 5.74) is 2.01. The molecule has 5 aliphatic carbocycles. The highest BCUT2D eigenvalue weighted by molar-refractivity contribution is 5.95. The van der Waals surface area contributed by atoms with Crippen LogP contribution in [0.5, 0.6) is 0 Å². The smallest absolute Gasteiger partial charge is 0.309 e. The molecule has 51 heavy (non-hydrogen) atoms. The van der Waals surface area contributed by atoms with Gasteiger partial charge in [0, 0.05) is 12.0 Å². The SMILES string of the molecule is CC1(C)C2CC[C@]3(C)C(C(=O)C=C4[C@@H]5C[C@@](C)(C(=O)O)CC[C@]5(C)CC[C@]43C)[C@@]2(C)CC[C@@H]1NC(=O)CNOC[C@@H]1O[C@H](CO)[C@@H](O)[C@H](O)[C@H]1O. The predicted octanol–water partition coefficient (Wildman–Crippen LogP) is 2.90. The van der Waals surface area contributed by atoms with Gasteiger partial charge in [-0.05, 0) is 110 Å². The van der Waals surface area contributed by atoms with Gasteiger partial charge in [-0.25, -0.2) is 0 Å². The Labute approximate surface area is 302 Å². The van der Waals surface area contributed by atoms with Crippen LogP contribution in [0.3, 0.4) is 0 Å². The molecule has 6 aliphatic rings. The van der Waals surface area contributed by atoms with Crippen molar-refractivity contribution in [2.24, 2.45) is 50.2 Å². The summed E-state index contributed by atoms with van der Waals surface area (Å²) in [4.78, 5) is 45.6. The highest BCUT2D eigenvalue weighted by atomic mass is 16.7. The van der Waals surface area contributed by atoms with Crippen LogP contribution < -0.4 is 10.8 Å². The van der Waals surface area contributed by atoms with E-state index in [0.717, 1.165) is 44.9 Å². The van der Waals surface area contributed by atoms with Crippen LogP contribution in [0.1, 0.15) is 106 Å². The molecule has 1 aliphatic heterocycles. The van der Waals surface area contributed by atoms with E-state index in [2.05, 4.69) is 52.3 Å². The third kappa shape index (κ3) is 5.94. The lowest BCUT2D eigenvalue weighted by atomic mass is 9.33. The Kier molecular flexibility index (Phi) is 9.98. The first-order valence-corrected chi connectivity index (χ1v) is 19.1. The van der Waals surface area contributed by atoms with Gasteiger partial charge in [-0.3, -0.25) is 19.2 Å². The van der Waals surface area contributed by atoms with E-state index in [9.17, 15) is 39.9 Å². The quantitative estimate of drug-likeness (QED) is 0.144. The molecule has 0 bridgehead atoms. The van der Waals surface area contributed by atoms with Crippen molar-refractivity contribution >= 4 is 17.7 Å². The van der Waals surface area contributed by atoms with Crippen molar-refractivity contribution in [3.8, 4) is 0 Å². The first-order valence-electron chi connectivity index (χ1n) is 19.1. The molecule has 0 aromatic rings. The minimum absolute atomic E-state index is 0.00296. The lowest BCUT2D eigenvalue weighted by Gasteiger charge is -2.70. The second kappa shape index (κ2) is 13.1. The van der Waals surface area contributed by atoms with Crippen LogP contribution in [-0.2, 0) is 24.0 Å². The predicted molar refractivity (Wildman–Crippen MR) is 187 cm³/mol. The lowest BCUT2D eigenvalue weighted by molar-refractivity contribution is -0.242. The lowest BCUT2D eigenvalue weighted by Crippen LogP contribution is -2.68. The van der Waals surface area contributed by atoms with E-state index in [0.29, 0.717) is 12.8 Å². The molecule has 5 fully saturated rings. The molecule has 14 atom stereocenters. The number of aliphatic carboxylic acids is 1. The van der Waals surface area contributed by atoms with Crippen LogP contribution in [0.4, 0.5) is 0 Å². The molecule has 288 valence electrons. The number of hydrogen-bond acceptors (Lipinski definition) is 10. The Hall–Kier alpha value is -1.93. The molecule has 0 spiro atoms. The number of rotatable bonds is 8. The van der Waals surface area contributed by atoms with E-state index in [1.807, 2.05) is 13.0 Å². The average molecular weight is 719 g/mol. The van der Waals surface area contributed by atoms with Crippen LogP contribution in [0.15, 0.2) is 11.6 Å². The van der Waals surface area contributed by atoms with Crippen molar-refractivity contribution in [3.63, 3.8) is 0 Å². The fourth-order valence-electron chi connectivity index (χ4n) is 12.5. The van der Waals surface area contributed by atoms with Gasteiger partial charge in [0.2, 0.25) is 5.91 Å². The number of hydrogen-bond donors (Lipinski definition) is 7. The summed E-state index contributed by atoms with van der Waals surface area (Å²) in [5, 5.41) is 53.1. The Bertz CT molecular complexity index is 1430. The molecule has 1 amide bonds. The van der Waals surface area contributed by atoms with Gasteiger partial charge in [0.25, 0.3) is 0 Å². The highest BCUT2D eigenvalue weighted by Gasteiger charge is 2.70. The molecule has 2 unspecified atom stereocenters. The molecule has 1 saturated heterocycles. The van der Waals surface area contributed by atoms with Crippen molar-refractivity contribution in [3.05, 3.63) is 11.6 Å². The molecule has 1 heterocycles. The van der Waals surface area contributed by atoms with Gasteiger partial charge >= 0.3 is 5.97 Å². The molecule has 0 aromatic carbocycles. The molecular formula is C39H62N2O10. The van der Waals surface area contributed by atoms with Gasteiger partial charge in [-0.15, -0.1) is 0 Å². The molecule has 7 N–H and O–H groups in total. The number of carboxylic acid groups (broad SMARTS) is 1. The topological polar surface area (TPSA) is 195 Å². The number of allylic oxidation sites excluding steroid dienone is 2. The maximum Gasteiger partial charge on any atom is 0.309 e. The third-order valence-corrected chi connectivity index (χ3v) is 16.0. The van der Waals surface area contributed by atoms with Gasteiger partial charge in [0.1, 0.15) is 30.5 Å². The number of amides is 1. The van der Waals surface area contributed by atoms with Crippen molar-refractivity contribution in [1.82, 2.24) is 10.8 Å². The van der Waals surface area contributed by atoms with Gasteiger partial charge in [0.15, 0.2) is 5.78 Å². The number of carboxylic acids is 1. The molecule has 0 aromatic heterocycles. The Balaban J connectivity index is 1.14. The zero-order valence-corrected chi connectivity index (χ0v) is 31.5. The van der Waals surface area contributed by atoms with Crippen LogP contribution in [-0.4, -0.2) is 99.5 Å². The average Bonchev–Trinajstić information content (AvgIpc) is 3.06. The molecule has 0 radical (unpaired) electrons. The fraction of sp³-hybridized carbons (Fsp3) is 0.872. The fourth-order valence-corrected chi connectivity index (χ4v) is 12.5. The van der Waals surface area contributed by atoms with Crippen molar-refractivity contribution in [2.75, 3.05) is 19.8 Å². The van der Waals surface area contributed by atoms with E-state index in [4.69, 9.17) is 9.57 Å². The second-order valence-corrected chi connectivity index (χ2v) is 19.0. The summed E-state index contributed by atoms with van der Waals surface area (Å²) in [5.74, 6) is -0.688. The van der Waals surface area contributed by atoms with Gasteiger partial charge in [0.05, 0.1) is 25.2 Å². The first kappa shape index (κ1) is 38.8. The first-order chi connectivity index (χ1) is 23.7. The number of carbonyl (C=O) groups excluding carboxylic acids is 2. The Morgan fingerprint density at radius 1 is 0.902 bits per heavy atom. The summed E-state index contributed by atoms with van der Waals surface area (Å²) in [6.45, 7) is 14.7. The van der Waals surface area contributed by atoms with E-state index >= 15 is 0 Å². The van der Waals surface area contributed by atoms with Crippen LogP contribution in [0, 0.1) is 50.2 Å². The number of ketones is 1. The second-order valence-electron chi connectivity index (χ2n) is 19.0. The number of hydroxylamine groups is 1. The maximum absolute atomic E-state index is 14.6. The van der Waals surface area contributed by atoms with Crippen molar-refractivity contribution < 1.29 is 49.5 Å². The molecule has 6 rings (SSSR count). The molecule has 12 nitrogen and oxygen atoms in total. The maximum atomic E-state index is 14.6. The van der Waals surface area contributed by atoms with Crippen LogP contribution in [0.25, 0.3) is 0 Å². The van der Waals surface area contributed by atoms with Gasteiger partial charge < -0.3 is 35.6 Å². The number of carbonyl (C=O) groups is 3. The van der Waals surface area contributed by atoms with E-state index in [-0.39, 0.29) is 75.7 Å². The zero-order chi connectivity index (χ0) is 37.5. The molecule has 12 heteroatoms. The minimum Gasteiger partial charge on any atom is -0.481 e. The molecule has 4 saturated carbocycles. The van der Waals surface area contributed by atoms with E-state index in [1.165, 1.54) is 5.57 Å². The summed E-state index contributed by atoms with van der Waals surface area (Å²) in [6.07, 6.45) is 3.08. The normalized spacial score (nSPS) is 49.0. The van der Waals surface area contributed by atoms with E-state index < -0.39 is 48.5 Å². The summed E-state index contributed by atoms with van der Waals surface area (Å²) < 4.78 is 5.45. The largest absolute Gasteiger partial charge is 0.481 e. The number of fused-ring (bicyclic) bond motifs is 7. The number of nitrogens with one attached hydrogen (secondary N) is 2. The molecular weight excluding hydrogens is 656 g/mol. The number of ether oxygens (including phenoxy) is 1. The van der Waals surface area contributed by atoms with Crippen LogP contribution in [0.2, 0.25) is 0 Å². The van der Waals surface area contributed by atoms with Crippen LogP contribution >= 0.6 is 0 Å². The zero-order valence-electron chi connectivity index (χ0n) is 31.5. The monoisotopic (exact) mass is 718 g/mol. The minimum atomic E-state index is -1.50. The van der Waals surface area contributed by atoms with Gasteiger partial charge in [-0.2, -0.15) is 5.48 Å². The van der Waals surface area contributed by atoms with Gasteiger partial charge in [-0.1, -0.05) is 47.1 Å². The summed E-state index contributed by atoms with van der Waals surface area (Å²) in [7, 11) is 0. The summed E-state index contributed by atoms with van der Waals surface area (Å²) >= 11 is 0. The summed E-state index contributed by atoms with van der Waals surface area (Å²) in [6, 6.07) is -0.119.